The number of halogens is 4. The molecule has 3 atom stereocenters. The predicted molar refractivity (Wildman–Crippen MR) is 190 cm³/mol. The van der Waals surface area contributed by atoms with E-state index in [0.717, 1.165) is 19.5 Å². The molecule has 3 aliphatic heterocycles. The summed E-state index contributed by atoms with van der Waals surface area (Å²) in [5, 5.41) is 13.1. The third kappa shape index (κ3) is 7.51. The number of nitrogens with zero attached hydrogens (tertiary/aromatic N) is 5. The van der Waals surface area contributed by atoms with Gasteiger partial charge in [0.15, 0.2) is 0 Å². The Hall–Kier alpha value is -4.14. The van der Waals surface area contributed by atoms with Crippen LogP contribution in [-0.2, 0) is 4.79 Å². The second-order valence-corrected chi connectivity index (χ2v) is 14.8. The van der Waals surface area contributed by atoms with Crippen molar-refractivity contribution in [3.8, 4) is 17.0 Å². The van der Waals surface area contributed by atoms with Crippen molar-refractivity contribution in [3.05, 3.63) is 64.7 Å². The number of carboxylic acid groups (broad SMARTS) is 1. The molecule has 15 heteroatoms. The maximum Gasteiger partial charge on any atom is 0.429 e. The number of nitrogen functional groups attached to an aromatic ring is 1. The average molecular weight is 742 g/mol. The Balaban J connectivity index is 1.12. The first-order valence-corrected chi connectivity index (χ1v) is 18.3. The summed E-state index contributed by atoms with van der Waals surface area (Å²) in [6, 6.07) is 12.1. The monoisotopic (exact) mass is 741 g/mol. The Morgan fingerprint density at radius 3 is 2.44 bits per heavy atom. The summed E-state index contributed by atoms with van der Waals surface area (Å²) in [6.07, 6.45) is -2.28. The van der Waals surface area contributed by atoms with E-state index >= 15 is 0 Å². The topological polar surface area (TPSA) is 137 Å². The predicted octanol–water partition coefficient (Wildman–Crippen LogP) is 5.79. The molecular weight excluding hydrogens is 699 g/mol. The molecule has 1 amide bonds. The van der Waals surface area contributed by atoms with Gasteiger partial charge in [-0.15, -0.1) is 0 Å². The number of amides is 1. The van der Waals surface area contributed by atoms with Gasteiger partial charge in [-0.05, 0) is 79.3 Å². The number of aromatic nitrogens is 2. The van der Waals surface area contributed by atoms with Gasteiger partial charge in [0.05, 0.1) is 0 Å². The standard InChI is InChI=1S/C37H43ClF3N7O4/c1-2-29-36(21-28(43-29)34(50)51)10-12-47(13-11-36)30-20-31(45-35(42)44-30)52-32(37(39,40)41)26-9-6-24(38)19-27(26)22-4-3-5-23(18-22)33(49)48-16-14-46(15-17-48)25-7-8-25/h3-6,9,18-20,25,28-29,32,43H,2,7-8,10-17,21H2,1H3,(H,50,51)(H2,42,44,45)/t28?,29?,32-/m1/s1. The van der Waals surface area contributed by atoms with Gasteiger partial charge in [-0.25, -0.2) is 0 Å². The lowest BCUT2D eigenvalue weighted by molar-refractivity contribution is -0.198. The van der Waals surface area contributed by atoms with Crippen LogP contribution in [0.5, 0.6) is 5.88 Å². The third-order valence-corrected chi connectivity index (χ3v) is 11.4. The molecule has 2 unspecified atom stereocenters. The highest BCUT2D eigenvalue weighted by Crippen LogP contribution is 2.46. The Morgan fingerprint density at radius 1 is 1.06 bits per heavy atom. The lowest BCUT2D eigenvalue weighted by Gasteiger charge is -2.43. The number of carboxylic acids is 1. The zero-order valence-electron chi connectivity index (χ0n) is 28.9. The number of carbonyl (C=O) groups excluding carboxylic acids is 1. The number of nitrogens with one attached hydrogen (secondary N) is 1. The van der Waals surface area contributed by atoms with Gasteiger partial charge in [0.2, 0.25) is 17.9 Å². The molecule has 1 saturated carbocycles. The first-order chi connectivity index (χ1) is 24.8. The molecule has 0 radical (unpaired) electrons. The number of benzene rings is 2. The number of hydrogen-bond donors (Lipinski definition) is 3. The maximum absolute atomic E-state index is 15.0. The summed E-state index contributed by atoms with van der Waals surface area (Å²) in [7, 11) is 0. The van der Waals surface area contributed by atoms with Crippen molar-refractivity contribution < 1.29 is 32.6 Å². The largest absolute Gasteiger partial charge is 0.480 e. The summed E-state index contributed by atoms with van der Waals surface area (Å²) >= 11 is 6.35. The fourth-order valence-corrected chi connectivity index (χ4v) is 8.46. The van der Waals surface area contributed by atoms with Gasteiger partial charge >= 0.3 is 12.1 Å². The first kappa shape index (κ1) is 36.2. The number of ether oxygens (including phenoxy) is 1. The molecule has 7 rings (SSSR count). The molecule has 1 aliphatic carbocycles. The Labute approximate surface area is 305 Å². The molecule has 4 fully saturated rings. The van der Waals surface area contributed by atoms with Crippen LogP contribution in [0.1, 0.15) is 67.5 Å². The van der Waals surface area contributed by atoms with E-state index in [4.69, 9.17) is 22.1 Å². The van der Waals surface area contributed by atoms with E-state index in [9.17, 15) is 27.9 Å². The molecule has 3 saturated heterocycles. The summed E-state index contributed by atoms with van der Waals surface area (Å²) in [5.41, 5.74) is 6.56. The van der Waals surface area contributed by atoms with Gasteiger partial charge in [-0.2, -0.15) is 23.1 Å². The summed E-state index contributed by atoms with van der Waals surface area (Å²) in [5.74, 6) is -1.31. The van der Waals surface area contributed by atoms with E-state index in [0.29, 0.717) is 68.4 Å². The number of nitrogens with two attached hydrogens (primary N) is 1. The highest BCUT2D eigenvalue weighted by molar-refractivity contribution is 6.30. The van der Waals surface area contributed by atoms with E-state index in [-0.39, 0.29) is 45.3 Å². The van der Waals surface area contributed by atoms with Crippen LogP contribution in [0.4, 0.5) is 24.9 Å². The maximum atomic E-state index is 15.0. The van der Waals surface area contributed by atoms with Gasteiger partial charge in [0.1, 0.15) is 11.9 Å². The van der Waals surface area contributed by atoms with Crippen LogP contribution in [0, 0.1) is 5.41 Å². The van der Waals surface area contributed by atoms with Crippen LogP contribution in [0.2, 0.25) is 5.02 Å². The minimum Gasteiger partial charge on any atom is -0.480 e. The number of anilines is 2. The average Bonchev–Trinajstić information content (AvgIpc) is 3.92. The second kappa shape index (κ2) is 14.4. The molecule has 11 nitrogen and oxygen atoms in total. The van der Waals surface area contributed by atoms with E-state index in [1.54, 1.807) is 29.2 Å². The molecule has 52 heavy (non-hydrogen) atoms. The van der Waals surface area contributed by atoms with Crippen molar-refractivity contribution in [1.29, 1.82) is 0 Å². The van der Waals surface area contributed by atoms with Gasteiger partial charge in [-0.1, -0.05) is 36.7 Å². The fraction of sp³-hybridized carbons (Fsp3) is 0.514. The molecule has 2 aromatic carbocycles. The van der Waals surface area contributed by atoms with Crippen molar-refractivity contribution in [2.45, 2.75) is 75.9 Å². The third-order valence-electron chi connectivity index (χ3n) is 11.2. The summed E-state index contributed by atoms with van der Waals surface area (Å²) < 4.78 is 50.6. The number of carbonyl (C=O) groups is 2. The van der Waals surface area contributed by atoms with Crippen LogP contribution < -0.4 is 20.7 Å². The van der Waals surface area contributed by atoms with Crippen molar-refractivity contribution in [3.63, 3.8) is 0 Å². The number of alkyl halides is 3. The zero-order valence-corrected chi connectivity index (χ0v) is 29.7. The van der Waals surface area contributed by atoms with Crippen LogP contribution >= 0.6 is 11.6 Å². The minimum absolute atomic E-state index is 0.0488. The molecule has 278 valence electrons. The molecule has 4 N–H and O–H groups in total. The normalized spacial score (nSPS) is 22.8. The lowest BCUT2D eigenvalue weighted by atomic mass is 9.71. The number of aliphatic carboxylic acids is 1. The van der Waals surface area contributed by atoms with Gasteiger partial charge in [-0.3, -0.25) is 14.5 Å². The minimum atomic E-state index is -4.88. The molecule has 1 aromatic heterocycles. The van der Waals surface area contributed by atoms with Gasteiger partial charge in [0, 0.05) is 73.6 Å². The second-order valence-electron chi connectivity index (χ2n) is 14.4. The smallest absolute Gasteiger partial charge is 0.429 e. The van der Waals surface area contributed by atoms with Crippen molar-refractivity contribution >= 4 is 35.2 Å². The van der Waals surface area contributed by atoms with E-state index in [2.05, 4.69) is 20.2 Å². The van der Waals surface area contributed by atoms with Gasteiger partial charge in [0.25, 0.3) is 5.91 Å². The SMILES string of the molecule is CCC1NC(C(=O)O)CC12CCN(c1cc(O[C@H](c3ccc(Cl)cc3-c3cccc(C(=O)N4CCN(C5CC5)CC4)c3)C(F)(F)F)nc(N)n1)CC2. The Kier molecular flexibility index (Phi) is 10.0. The number of hydrogen-bond acceptors (Lipinski definition) is 9. The molecular formula is C37H43ClF3N7O4. The van der Waals surface area contributed by atoms with Crippen molar-refractivity contribution in [2.24, 2.45) is 5.41 Å². The van der Waals surface area contributed by atoms with E-state index in [1.165, 1.54) is 37.1 Å². The summed E-state index contributed by atoms with van der Waals surface area (Å²) in [4.78, 5) is 39.7. The lowest BCUT2D eigenvalue weighted by Crippen LogP contribution is -2.49. The van der Waals surface area contributed by atoms with Crippen LogP contribution in [-0.4, -0.2) is 100 Å². The number of rotatable bonds is 9. The van der Waals surface area contributed by atoms with Crippen LogP contribution in [0.15, 0.2) is 48.5 Å². The summed E-state index contributed by atoms with van der Waals surface area (Å²) in [6.45, 7) is 5.84. The zero-order chi connectivity index (χ0) is 36.8. The number of piperazine rings is 1. The Morgan fingerprint density at radius 2 is 1.79 bits per heavy atom. The highest BCUT2D eigenvalue weighted by Gasteiger charge is 2.50. The molecule has 4 heterocycles. The van der Waals surface area contributed by atoms with Gasteiger partial charge < -0.3 is 30.7 Å². The highest BCUT2D eigenvalue weighted by atomic mass is 35.5. The molecule has 4 aliphatic rings. The molecule has 0 bridgehead atoms. The Bertz CT molecular complexity index is 1810. The van der Waals surface area contributed by atoms with Crippen LogP contribution in [0.25, 0.3) is 11.1 Å². The quantitative estimate of drug-likeness (QED) is 0.247. The molecule has 1 spiro atoms. The van der Waals surface area contributed by atoms with Crippen molar-refractivity contribution in [2.75, 3.05) is 49.9 Å². The fourth-order valence-electron chi connectivity index (χ4n) is 8.29. The van der Waals surface area contributed by atoms with E-state index in [1.807, 2.05) is 11.8 Å². The van der Waals surface area contributed by atoms with E-state index < -0.39 is 24.3 Å². The van der Waals surface area contributed by atoms with Crippen molar-refractivity contribution in [1.82, 2.24) is 25.1 Å². The van der Waals surface area contributed by atoms with Crippen LogP contribution in [0.3, 0.4) is 0 Å². The molecule has 3 aromatic rings. The first-order valence-electron chi connectivity index (χ1n) is 17.9. The number of piperidine rings is 1.